The Labute approximate surface area is 52.9 Å². The molecule has 5 heteroatoms. The van der Waals surface area contributed by atoms with Crippen LogP contribution in [0.4, 0.5) is 0 Å². The van der Waals surface area contributed by atoms with Gasteiger partial charge in [0.2, 0.25) is 0 Å². The van der Waals surface area contributed by atoms with Gasteiger partial charge in [-0.2, -0.15) is 0 Å². The van der Waals surface area contributed by atoms with Crippen molar-refractivity contribution in [1.82, 2.24) is 0 Å². The van der Waals surface area contributed by atoms with E-state index >= 15 is 0 Å². The molecule has 0 amide bonds. The summed E-state index contributed by atoms with van der Waals surface area (Å²) in [7, 11) is -3.01. The zero-order valence-electron chi connectivity index (χ0n) is 5.07. The van der Waals surface area contributed by atoms with Gasteiger partial charge < -0.3 is 14.7 Å². The quantitative estimate of drug-likeness (QED) is 0.430. The predicted octanol–water partition coefficient (Wildman–Crippen LogP) is -0.0470. The van der Waals surface area contributed by atoms with E-state index in [1.807, 2.05) is 0 Å². The largest absolute Gasteiger partial charge is 0.358 e. The summed E-state index contributed by atoms with van der Waals surface area (Å²) in [6.07, 6.45) is -0.117. The summed E-state index contributed by atoms with van der Waals surface area (Å²) in [6, 6.07) is 0. The Morgan fingerprint density at radius 3 is 2.33 bits per heavy atom. The summed E-state index contributed by atoms with van der Waals surface area (Å²) >= 11 is 0. The summed E-state index contributed by atoms with van der Waals surface area (Å²) < 4.78 is 15.5. The first-order valence-electron chi connectivity index (χ1n) is 2.70. The van der Waals surface area contributed by atoms with Gasteiger partial charge in [0.05, 0.1) is 12.8 Å². The lowest BCUT2D eigenvalue weighted by Crippen LogP contribution is -2.04. The minimum absolute atomic E-state index is 0.117. The highest BCUT2D eigenvalue weighted by molar-refractivity contribution is 7.68. The van der Waals surface area contributed by atoms with Crippen LogP contribution in [0.3, 0.4) is 0 Å². The maximum atomic E-state index is 10.9. The van der Waals surface area contributed by atoms with Crippen LogP contribution in [0.2, 0.25) is 0 Å². The fourth-order valence-corrected chi connectivity index (χ4v) is 2.15. The molecule has 0 spiro atoms. The minimum Gasteiger partial charge on any atom is -0.358 e. The molecule has 1 saturated heterocycles. The van der Waals surface area contributed by atoms with E-state index in [2.05, 4.69) is 4.52 Å². The number of aliphatic hydroxyl groups is 2. The van der Waals surface area contributed by atoms with Crippen molar-refractivity contribution >= 4 is 7.37 Å². The summed E-state index contributed by atoms with van der Waals surface area (Å²) in [6.45, 7) is 1.92. The number of hydrogen-bond acceptors (Lipinski definition) is 4. The van der Waals surface area contributed by atoms with Crippen LogP contribution in [0, 0.1) is 0 Å². The molecule has 1 unspecified atom stereocenters. The monoisotopic (exact) mass is 152 g/mol. The van der Waals surface area contributed by atoms with E-state index in [4.69, 9.17) is 10.2 Å². The number of rotatable bonds is 2. The first kappa shape index (κ1) is 7.22. The Morgan fingerprint density at radius 1 is 1.78 bits per heavy atom. The van der Waals surface area contributed by atoms with Gasteiger partial charge in [-0.15, -0.1) is 0 Å². The Bertz CT molecular complexity index is 164. The molecule has 4 nitrogen and oxygen atoms in total. The molecule has 0 radical (unpaired) electrons. The van der Waals surface area contributed by atoms with Crippen LogP contribution in [0.15, 0.2) is 0 Å². The first-order valence-corrected chi connectivity index (χ1v) is 4.51. The predicted molar refractivity (Wildman–Crippen MR) is 31.3 cm³/mol. The highest BCUT2D eigenvalue weighted by Crippen LogP contribution is 2.73. The molecule has 0 aromatic rings. The molecule has 2 N–H and O–H groups in total. The van der Waals surface area contributed by atoms with E-state index in [0.29, 0.717) is 0 Å². The van der Waals surface area contributed by atoms with Crippen LogP contribution < -0.4 is 0 Å². The molecule has 1 aliphatic rings. The minimum atomic E-state index is -3.01. The third kappa shape index (κ3) is 1.03. The Balaban J connectivity index is 2.53. The molecule has 0 aromatic carbocycles. The zero-order valence-corrected chi connectivity index (χ0v) is 5.97. The van der Waals surface area contributed by atoms with Crippen LogP contribution in [0.5, 0.6) is 0 Å². The average molecular weight is 152 g/mol. The van der Waals surface area contributed by atoms with E-state index in [-0.39, 0.29) is 12.8 Å². The second-order valence-corrected chi connectivity index (χ2v) is 4.66. The molecule has 54 valence electrons. The highest BCUT2D eigenvalue weighted by atomic mass is 31.2. The van der Waals surface area contributed by atoms with Crippen LogP contribution in [0.25, 0.3) is 0 Å². The van der Waals surface area contributed by atoms with Crippen molar-refractivity contribution in [3.8, 4) is 0 Å². The van der Waals surface area contributed by atoms with E-state index < -0.39 is 12.9 Å². The Morgan fingerprint density at radius 2 is 2.22 bits per heavy atom. The van der Waals surface area contributed by atoms with Crippen molar-refractivity contribution in [2.75, 3.05) is 12.8 Å². The lowest BCUT2D eigenvalue weighted by molar-refractivity contribution is -0.0374. The van der Waals surface area contributed by atoms with Gasteiger partial charge in [-0.25, -0.2) is 0 Å². The molecule has 0 aliphatic carbocycles. The van der Waals surface area contributed by atoms with Crippen molar-refractivity contribution in [2.24, 2.45) is 0 Å². The summed E-state index contributed by atoms with van der Waals surface area (Å²) in [5.41, 5.74) is -2.01. The standard InChI is InChI=1S/C4H9O4P/c1-2-8-9(7)3-4(9,5)6/h5-6H,2-3H2,1H3. The molecule has 0 bridgehead atoms. The molecular formula is C4H9O4P. The fourth-order valence-electron chi connectivity index (χ4n) is 0.601. The SMILES string of the molecule is CCOP1(=O)CC1(O)O. The first-order chi connectivity index (χ1) is 4.02. The van der Waals surface area contributed by atoms with Crippen molar-refractivity contribution < 1.29 is 19.3 Å². The lowest BCUT2D eigenvalue weighted by Gasteiger charge is -1.99. The normalized spacial score (nSPS) is 38.6. The molecule has 9 heavy (non-hydrogen) atoms. The van der Waals surface area contributed by atoms with Crippen molar-refractivity contribution in [1.29, 1.82) is 0 Å². The van der Waals surface area contributed by atoms with Gasteiger partial charge in [0, 0.05) is 0 Å². The molecule has 1 aliphatic heterocycles. The topological polar surface area (TPSA) is 66.8 Å². The second kappa shape index (κ2) is 1.80. The van der Waals surface area contributed by atoms with Crippen molar-refractivity contribution in [3.63, 3.8) is 0 Å². The van der Waals surface area contributed by atoms with Crippen LogP contribution in [-0.2, 0) is 9.09 Å². The second-order valence-electron chi connectivity index (χ2n) is 2.02. The summed E-state index contributed by atoms with van der Waals surface area (Å²) in [5, 5.41) is 17.3. The Hall–Kier alpha value is 0.110. The molecule has 0 saturated carbocycles. The van der Waals surface area contributed by atoms with Crippen molar-refractivity contribution in [3.05, 3.63) is 0 Å². The molecule has 1 atom stereocenters. The van der Waals surface area contributed by atoms with Crippen LogP contribution in [0.1, 0.15) is 6.92 Å². The molecule has 1 fully saturated rings. The maximum Gasteiger partial charge on any atom is 0.266 e. The van der Waals surface area contributed by atoms with E-state index in [9.17, 15) is 4.57 Å². The van der Waals surface area contributed by atoms with Gasteiger partial charge in [-0.05, 0) is 6.92 Å². The van der Waals surface area contributed by atoms with Gasteiger partial charge in [-0.1, -0.05) is 0 Å². The smallest absolute Gasteiger partial charge is 0.266 e. The molecule has 1 heterocycles. The lowest BCUT2D eigenvalue weighted by atomic mass is 10.8. The summed E-state index contributed by atoms with van der Waals surface area (Å²) in [4.78, 5) is 0. The van der Waals surface area contributed by atoms with Gasteiger partial charge in [-0.3, -0.25) is 4.57 Å². The third-order valence-electron chi connectivity index (χ3n) is 1.20. The van der Waals surface area contributed by atoms with E-state index in [1.54, 1.807) is 6.92 Å². The van der Waals surface area contributed by atoms with Crippen LogP contribution in [-0.4, -0.2) is 28.5 Å². The molecular weight excluding hydrogens is 143 g/mol. The number of hydrogen-bond donors (Lipinski definition) is 2. The van der Waals surface area contributed by atoms with Crippen LogP contribution >= 0.6 is 7.37 Å². The highest BCUT2D eigenvalue weighted by Gasteiger charge is 2.66. The third-order valence-corrected chi connectivity index (χ3v) is 3.60. The maximum absolute atomic E-state index is 10.9. The molecule has 1 rings (SSSR count). The van der Waals surface area contributed by atoms with Gasteiger partial charge in [0.1, 0.15) is 0 Å². The van der Waals surface area contributed by atoms with Gasteiger partial charge in [0.15, 0.2) is 0 Å². The van der Waals surface area contributed by atoms with Crippen molar-refractivity contribution in [2.45, 2.75) is 12.5 Å². The average Bonchev–Trinajstić information content (AvgIpc) is 2.07. The van der Waals surface area contributed by atoms with Gasteiger partial charge >= 0.3 is 0 Å². The fraction of sp³-hybridized carbons (Fsp3) is 1.00. The van der Waals surface area contributed by atoms with E-state index in [0.717, 1.165) is 0 Å². The molecule has 0 aromatic heterocycles. The zero-order chi connectivity index (χ0) is 7.12. The van der Waals surface area contributed by atoms with E-state index in [1.165, 1.54) is 0 Å². The summed E-state index contributed by atoms with van der Waals surface area (Å²) in [5.74, 6) is 0. The van der Waals surface area contributed by atoms with Gasteiger partial charge in [0.25, 0.3) is 12.9 Å². The Kier molecular flexibility index (Phi) is 1.44.